The van der Waals surface area contributed by atoms with Crippen LogP contribution in [-0.2, 0) is 5.41 Å². The molecule has 0 radical (unpaired) electrons. The zero-order valence-electron chi connectivity index (χ0n) is 41.7. The average Bonchev–Trinajstić information content (AvgIpc) is 3.87. The number of hydrogen-bond acceptors (Lipinski definition) is 2. The quantitative estimate of drug-likeness (QED) is 0.151. The maximum absolute atomic E-state index is 9.86. The maximum Gasteiger partial charge on any atom is 0.0645 e. The topological polar surface area (TPSA) is 11.4 Å². The van der Waals surface area contributed by atoms with Gasteiger partial charge >= 0.3 is 0 Å². The Morgan fingerprint density at radius 2 is 0.941 bits per heavy atom. The number of aromatic nitrogens is 1. The molecule has 0 fully saturated rings. The summed E-state index contributed by atoms with van der Waals surface area (Å²) in [5.41, 5.74) is 13.2. The fourth-order valence-electron chi connectivity index (χ4n) is 10.8. The normalized spacial score (nSPS) is 13.5. The van der Waals surface area contributed by atoms with Crippen LogP contribution in [0, 0.1) is 0 Å². The van der Waals surface area contributed by atoms with Gasteiger partial charge in [-0.3, -0.25) is 0 Å². The van der Waals surface area contributed by atoms with Crippen molar-refractivity contribution in [3.05, 3.63) is 260 Å². The van der Waals surface area contributed by atoms with Crippen molar-refractivity contribution in [1.82, 2.24) is 4.57 Å². The van der Waals surface area contributed by atoms with Crippen molar-refractivity contribution in [1.29, 1.82) is 0 Å². The van der Waals surface area contributed by atoms with Crippen molar-refractivity contribution < 1.29 is 5.48 Å². The molecule has 12 aromatic rings. The number of hydrogen-bond donors (Lipinski definition) is 0. The molecule has 0 spiro atoms. The maximum atomic E-state index is 9.86. The number of anilines is 6. The number of nitrogens with zero attached hydrogens (tertiary/aromatic N) is 3. The number of benzene rings is 11. The predicted molar refractivity (Wildman–Crippen MR) is 288 cm³/mol. The van der Waals surface area contributed by atoms with Gasteiger partial charge in [0.1, 0.15) is 0 Å². The molecule has 1 aromatic heterocycles. The minimum absolute atomic E-state index is 0.108. The second-order valence-electron chi connectivity index (χ2n) is 18.2. The third-order valence-electron chi connectivity index (χ3n) is 14.0. The Morgan fingerprint density at radius 1 is 0.368 bits per heavy atom. The van der Waals surface area contributed by atoms with E-state index in [1.54, 1.807) is 0 Å². The third-order valence-corrected chi connectivity index (χ3v) is 14.0. The first kappa shape index (κ1) is 35.6. The Hall–Kier alpha value is -8.66. The molecule has 0 unspecified atom stereocenters. The summed E-state index contributed by atoms with van der Waals surface area (Å²) in [7, 11) is 0. The predicted octanol–water partition coefficient (Wildman–Crippen LogP) is 18.0. The van der Waals surface area contributed by atoms with Gasteiger partial charge in [0.15, 0.2) is 0 Å². The van der Waals surface area contributed by atoms with E-state index in [1.807, 2.05) is 71.6 Å². The monoisotopic (exact) mass is 873 g/mol. The van der Waals surface area contributed by atoms with Crippen LogP contribution in [0.25, 0.3) is 71.3 Å². The molecule has 0 amide bonds. The van der Waals surface area contributed by atoms with E-state index >= 15 is 0 Å². The smallest absolute Gasteiger partial charge is 0.0645 e. The minimum atomic E-state index is -0.284. The lowest BCUT2D eigenvalue weighted by Crippen LogP contribution is -2.16. The van der Waals surface area contributed by atoms with E-state index in [-0.39, 0.29) is 40.8 Å². The zero-order valence-corrected chi connectivity index (χ0v) is 37.7. The van der Waals surface area contributed by atoms with Crippen LogP contribution in [0.2, 0.25) is 0 Å². The third kappa shape index (κ3) is 6.27. The zero-order chi connectivity index (χ0) is 48.8. The molecule has 322 valence electrons. The Morgan fingerprint density at radius 3 is 1.78 bits per heavy atom. The molecular formula is C65H47N3. The molecule has 0 aliphatic heterocycles. The highest BCUT2D eigenvalue weighted by Gasteiger charge is 2.35. The number of rotatable bonds is 8. The second-order valence-corrected chi connectivity index (χ2v) is 18.2. The minimum Gasteiger partial charge on any atom is -0.310 e. The lowest BCUT2D eigenvalue weighted by atomic mass is 9.82. The first-order valence-electron chi connectivity index (χ1n) is 25.3. The molecule has 1 heterocycles. The van der Waals surface area contributed by atoms with Crippen LogP contribution in [0.15, 0.2) is 249 Å². The molecular weight excluding hydrogens is 823 g/mol. The summed E-state index contributed by atoms with van der Waals surface area (Å²) < 4.78 is 41.8. The van der Waals surface area contributed by atoms with Crippen molar-refractivity contribution in [3.8, 4) is 27.9 Å². The lowest BCUT2D eigenvalue weighted by Gasteiger charge is -2.29. The summed E-state index contributed by atoms with van der Waals surface area (Å²) >= 11 is 0. The molecule has 0 bridgehead atoms. The Kier molecular flexibility index (Phi) is 8.24. The highest BCUT2D eigenvalue weighted by Crippen LogP contribution is 2.51. The van der Waals surface area contributed by atoms with Gasteiger partial charge < -0.3 is 14.4 Å². The Labute approximate surface area is 402 Å². The summed E-state index contributed by atoms with van der Waals surface area (Å²) in [4.78, 5) is 4.22. The molecule has 0 N–H and O–H groups in total. The van der Waals surface area contributed by atoms with Crippen molar-refractivity contribution in [2.75, 3.05) is 9.80 Å². The van der Waals surface area contributed by atoms with Crippen LogP contribution < -0.4 is 9.80 Å². The van der Waals surface area contributed by atoms with Gasteiger partial charge in [-0.25, -0.2) is 0 Å². The summed E-state index contributed by atoms with van der Waals surface area (Å²) in [6.07, 6.45) is 0. The van der Waals surface area contributed by atoms with Gasteiger partial charge in [-0.05, 0) is 123 Å². The van der Waals surface area contributed by atoms with E-state index in [0.717, 1.165) is 83.2 Å². The molecule has 0 saturated heterocycles. The molecule has 11 aromatic carbocycles. The van der Waals surface area contributed by atoms with Crippen LogP contribution in [0.5, 0.6) is 0 Å². The second kappa shape index (κ2) is 15.8. The van der Waals surface area contributed by atoms with Crippen LogP contribution in [0.4, 0.5) is 34.1 Å². The van der Waals surface area contributed by atoms with Gasteiger partial charge in [0.05, 0.1) is 27.9 Å². The molecule has 0 atom stereocenters. The average molecular weight is 874 g/mol. The Bertz CT molecular complexity index is 4110. The molecule has 1 aliphatic rings. The first-order valence-corrected chi connectivity index (χ1v) is 23.3. The van der Waals surface area contributed by atoms with Crippen molar-refractivity contribution >= 4 is 77.5 Å². The SMILES string of the molecule is [2H]c1c([2H])c(N(c2ccccc2)c2ccc3c(c2)C(C)(C)c2ccccc2-3)c([2H])c([2H])c1-c1cccc2c(N(c3ccc4c5ccccc5n(-c5ccccc5)c4c3)c3cccc4ccccc34)cccc12. The van der Waals surface area contributed by atoms with Crippen LogP contribution in [0.1, 0.15) is 30.5 Å². The van der Waals surface area contributed by atoms with Gasteiger partial charge in [-0.2, -0.15) is 0 Å². The van der Waals surface area contributed by atoms with E-state index < -0.39 is 0 Å². The van der Waals surface area contributed by atoms with E-state index in [1.165, 1.54) is 16.5 Å². The van der Waals surface area contributed by atoms with Gasteiger partial charge in [0, 0.05) is 55.4 Å². The van der Waals surface area contributed by atoms with Crippen molar-refractivity contribution in [2.45, 2.75) is 19.3 Å². The molecule has 3 heteroatoms. The lowest BCUT2D eigenvalue weighted by molar-refractivity contribution is 0.660. The van der Waals surface area contributed by atoms with Gasteiger partial charge in [-0.1, -0.05) is 184 Å². The van der Waals surface area contributed by atoms with Gasteiger partial charge in [0.2, 0.25) is 0 Å². The molecule has 13 rings (SSSR count). The fraction of sp³-hybridized carbons (Fsp3) is 0.0462. The molecule has 68 heavy (non-hydrogen) atoms. The molecule has 0 saturated carbocycles. The first-order chi connectivity index (χ1) is 35.2. The van der Waals surface area contributed by atoms with E-state index in [4.69, 9.17) is 0 Å². The highest BCUT2D eigenvalue weighted by atomic mass is 15.2. The fourth-order valence-corrected chi connectivity index (χ4v) is 10.8. The van der Waals surface area contributed by atoms with Crippen molar-refractivity contribution in [3.63, 3.8) is 0 Å². The standard InChI is InChI=1S/C65H47N3/c1-65(2)59-30-13-11-25-54(59)55-40-38-49(42-60(55)65)66(46-20-5-3-6-21-46)48-36-34-45(35-37-48)51-27-16-29-56-53(51)28-17-33-63(56)68(61-32-15-19-44-18-9-10-24-52(44)61)50-39-41-58-57-26-12-14-31-62(57)67(64(58)43-50)47-22-7-4-8-23-47/h3-43H,1-2H3/i34D,35D,36D,37D. The molecule has 1 aliphatic carbocycles. The van der Waals surface area contributed by atoms with E-state index in [2.05, 4.69) is 181 Å². The van der Waals surface area contributed by atoms with E-state index in [9.17, 15) is 5.48 Å². The summed E-state index contributed by atoms with van der Waals surface area (Å²) in [5.74, 6) is 0. The summed E-state index contributed by atoms with van der Waals surface area (Å²) in [6, 6.07) is 77.0. The van der Waals surface area contributed by atoms with Crippen LogP contribution in [-0.4, -0.2) is 4.57 Å². The van der Waals surface area contributed by atoms with Crippen molar-refractivity contribution in [2.24, 2.45) is 0 Å². The van der Waals surface area contributed by atoms with Gasteiger partial charge in [0.25, 0.3) is 0 Å². The Balaban J connectivity index is 1.00. The summed E-state index contributed by atoms with van der Waals surface area (Å²) in [6.45, 7) is 4.47. The number of fused-ring (bicyclic) bond motifs is 8. The highest BCUT2D eigenvalue weighted by molar-refractivity contribution is 6.12. The van der Waals surface area contributed by atoms with E-state index in [0.29, 0.717) is 5.56 Å². The van der Waals surface area contributed by atoms with Crippen LogP contribution >= 0.6 is 0 Å². The molecule has 3 nitrogen and oxygen atoms in total. The summed E-state index contributed by atoms with van der Waals surface area (Å²) in [5, 5.41) is 6.25. The van der Waals surface area contributed by atoms with Gasteiger partial charge in [-0.15, -0.1) is 0 Å². The largest absolute Gasteiger partial charge is 0.310 e. The van der Waals surface area contributed by atoms with Crippen LogP contribution in [0.3, 0.4) is 0 Å². The number of para-hydroxylation sites is 3.